The van der Waals surface area contributed by atoms with Crippen LogP contribution in [0.4, 0.5) is 0 Å². The Kier molecular flexibility index (Phi) is 3.38. The Bertz CT molecular complexity index is 1070. The molecule has 2 N–H and O–H groups in total. The van der Waals surface area contributed by atoms with Gasteiger partial charge in [0.25, 0.3) is 0 Å². The van der Waals surface area contributed by atoms with Crippen LogP contribution < -0.4 is 5.32 Å². The lowest BCUT2D eigenvalue weighted by Crippen LogP contribution is -2.24. The Morgan fingerprint density at radius 1 is 1.20 bits per heavy atom. The number of aromatic nitrogens is 3. The largest absolute Gasteiger partial charge is 0.346 e. The normalized spacial score (nSPS) is 14.3. The summed E-state index contributed by atoms with van der Waals surface area (Å²) in [6, 6.07) is 11.2. The number of H-pyrrole nitrogens is 1. The quantitative estimate of drug-likeness (QED) is 0.601. The summed E-state index contributed by atoms with van der Waals surface area (Å²) in [5.74, 6) is 0. The maximum Gasteiger partial charge on any atom is 0.137 e. The van der Waals surface area contributed by atoms with Crippen molar-refractivity contribution in [2.75, 3.05) is 6.54 Å². The minimum Gasteiger partial charge on any atom is -0.346 e. The number of aromatic amines is 1. The van der Waals surface area contributed by atoms with Crippen LogP contribution in [-0.4, -0.2) is 21.1 Å². The SMILES string of the molecule is Cc1ccc2c(c1)c1c(n2CCc2cnc3[nH]ccc3c2)CCNC1. The van der Waals surface area contributed by atoms with Crippen molar-refractivity contribution in [1.82, 2.24) is 19.9 Å². The van der Waals surface area contributed by atoms with Gasteiger partial charge in [0.15, 0.2) is 0 Å². The van der Waals surface area contributed by atoms with Gasteiger partial charge in [0.05, 0.1) is 0 Å². The van der Waals surface area contributed by atoms with Crippen LogP contribution in [0, 0.1) is 6.92 Å². The third-order valence-corrected chi connectivity index (χ3v) is 5.36. The lowest BCUT2D eigenvalue weighted by Gasteiger charge is -2.17. The molecule has 0 atom stereocenters. The van der Waals surface area contributed by atoms with Crippen molar-refractivity contribution in [1.29, 1.82) is 0 Å². The van der Waals surface area contributed by atoms with Gasteiger partial charge in [-0.2, -0.15) is 0 Å². The summed E-state index contributed by atoms with van der Waals surface area (Å²) in [6.45, 7) is 5.24. The molecule has 126 valence electrons. The average molecular weight is 330 g/mol. The fraction of sp³-hybridized carbons (Fsp3) is 0.286. The van der Waals surface area contributed by atoms with Crippen LogP contribution in [0.3, 0.4) is 0 Å². The Morgan fingerprint density at radius 2 is 2.16 bits per heavy atom. The average Bonchev–Trinajstić information content (AvgIpc) is 3.22. The number of nitrogens with zero attached hydrogens (tertiary/aromatic N) is 2. The van der Waals surface area contributed by atoms with Gasteiger partial charge in [0.1, 0.15) is 5.65 Å². The Hall–Kier alpha value is -2.59. The number of fused-ring (bicyclic) bond motifs is 4. The van der Waals surface area contributed by atoms with Crippen molar-refractivity contribution >= 4 is 21.9 Å². The highest BCUT2D eigenvalue weighted by atomic mass is 15.0. The van der Waals surface area contributed by atoms with Crippen molar-refractivity contribution in [2.24, 2.45) is 0 Å². The Balaban J connectivity index is 1.53. The van der Waals surface area contributed by atoms with Crippen molar-refractivity contribution in [3.63, 3.8) is 0 Å². The molecule has 25 heavy (non-hydrogen) atoms. The zero-order chi connectivity index (χ0) is 16.8. The molecule has 4 heteroatoms. The molecule has 0 fully saturated rings. The summed E-state index contributed by atoms with van der Waals surface area (Å²) >= 11 is 0. The summed E-state index contributed by atoms with van der Waals surface area (Å²) in [6.07, 6.45) is 6.07. The molecule has 0 bridgehead atoms. The maximum absolute atomic E-state index is 4.53. The van der Waals surface area contributed by atoms with E-state index in [1.165, 1.54) is 38.7 Å². The maximum atomic E-state index is 4.53. The zero-order valence-electron chi connectivity index (χ0n) is 14.5. The molecule has 0 spiro atoms. The van der Waals surface area contributed by atoms with E-state index < -0.39 is 0 Å². The fourth-order valence-corrected chi connectivity index (χ4v) is 4.11. The molecule has 4 heterocycles. The third kappa shape index (κ3) is 2.45. The van der Waals surface area contributed by atoms with Crippen LogP contribution in [0.2, 0.25) is 0 Å². The van der Waals surface area contributed by atoms with Gasteiger partial charge in [-0.3, -0.25) is 0 Å². The van der Waals surface area contributed by atoms with Crippen molar-refractivity contribution in [3.8, 4) is 0 Å². The van der Waals surface area contributed by atoms with Gasteiger partial charge in [-0.05, 0) is 48.7 Å². The molecule has 0 radical (unpaired) electrons. The summed E-state index contributed by atoms with van der Waals surface area (Å²) in [7, 11) is 0. The Morgan fingerprint density at radius 3 is 3.12 bits per heavy atom. The van der Waals surface area contributed by atoms with Crippen molar-refractivity contribution in [2.45, 2.75) is 32.9 Å². The second-order valence-corrected chi connectivity index (χ2v) is 7.03. The zero-order valence-corrected chi connectivity index (χ0v) is 14.5. The first kappa shape index (κ1) is 14.7. The van der Waals surface area contributed by atoms with Gasteiger partial charge in [-0.15, -0.1) is 0 Å². The van der Waals surface area contributed by atoms with E-state index in [0.29, 0.717) is 0 Å². The smallest absolute Gasteiger partial charge is 0.137 e. The van der Waals surface area contributed by atoms with E-state index in [1.54, 1.807) is 0 Å². The molecule has 0 saturated carbocycles. The molecule has 0 amide bonds. The standard InChI is InChI=1S/C21H22N4/c1-14-2-3-19-17(10-14)18-13-22-7-5-20(18)25(19)9-6-15-11-16-4-8-23-21(16)24-12-15/h2-4,8,10-12,22H,5-7,9,13H2,1H3,(H,23,24). The highest BCUT2D eigenvalue weighted by Gasteiger charge is 2.19. The monoisotopic (exact) mass is 330 g/mol. The van der Waals surface area contributed by atoms with Gasteiger partial charge in [0, 0.05) is 60.4 Å². The fourth-order valence-electron chi connectivity index (χ4n) is 4.11. The highest BCUT2D eigenvalue weighted by Crippen LogP contribution is 2.30. The van der Waals surface area contributed by atoms with E-state index in [1.807, 2.05) is 12.4 Å². The minimum atomic E-state index is 0.967. The van der Waals surface area contributed by atoms with Crippen LogP contribution in [0.25, 0.3) is 21.9 Å². The molecule has 1 aromatic carbocycles. The number of benzene rings is 1. The minimum absolute atomic E-state index is 0.967. The second-order valence-electron chi connectivity index (χ2n) is 7.03. The van der Waals surface area contributed by atoms with Crippen molar-refractivity contribution < 1.29 is 0 Å². The van der Waals surface area contributed by atoms with Gasteiger partial charge < -0.3 is 14.9 Å². The molecule has 1 aliphatic heterocycles. The van der Waals surface area contributed by atoms with E-state index in [4.69, 9.17) is 0 Å². The lowest BCUT2D eigenvalue weighted by molar-refractivity contribution is 0.594. The van der Waals surface area contributed by atoms with Gasteiger partial charge in [-0.25, -0.2) is 4.98 Å². The summed E-state index contributed by atoms with van der Waals surface area (Å²) in [5.41, 5.74) is 7.96. The number of rotatable bonds is 3. The summed E-state index contributed by atoms with van der Waals surface area (Å²) < 4.78 is 2.53. The molecule has 3 aromatic heterocycles. The van der Waals surface area contributed by atoms with Gasteiger partial charge in [-0.1, -0.05) is 11.6 Å². The highest BCUT2D eigenvalue weighted by molar-refractivity contribution is 5.86. The predicted octanol–water partition coefficient (Wildman–Crippen LogP) is 3.71. The number of aryl methyl sites for hydroxylation is 3. The topological polar surface area (TPSA) is 45.6 Å². The molecule has 4 aromatic rings. The van der Waals surface area contributed by atoms with E-state index in [2.05, 4.69) is 57.1 Å². The first-order valence-corrected chi connectivity index (χ1v) is 9.03. The molecule has 4 nitrogen and oxygen atoms in total. The predicted molar refractivity (Wildman–Crippen MR) is 102 cm³/mol. The first-order chi connectivity index (χ1) is 12.3. The van der Waals surface area contributed by atoms with Crippen LogP contribution in [0.1, 0.15) is 22.4 Å². The van der Waals surface area contributed by atoms with Gasteiger partial charge >= 0.3 is 0 Å². The molecule has 0 saturated heterocycles. The Labute approximate surface area is 146 Å². The van der Waals surface area contributed by atoms with E-state index in [0.717, 1.165) is 38.1 Å². The van der Waals surface area contributed by atoms with E-state index in [9.17, 15) is 0 Å². The van der Waals surface area contributed by atoms with Crippen LogP contribution in [0.5, 0.6) is 0 Å². The summed E-state index contributed by atoms with van der Waals surface area (Å²) in [5, 5.41) is 6.14. The number of pyridine rings is 1. The number of hydrogen-bond donors (Lipinski definition) is 2. The third-order valence-electron chi connectivity index (χ3n) is 5.36. The molecule has 1 aliphatic rings. The molecular formula is C21H22N4. The van der Waals surface area contributed by atoms with Crippen LogP contribution in [-0.2, 0) is 25.9 Å². The van der Waals surface area contributed by atoms with Crippen LogP contribution in [0.15, 0.2) is 42.7 Å². The lowest BCUT2D eigenvalue weighted by atomic mass is 10.0. The summed E-state index contributed by atoms with van der Waals surface area (Å²) in [4.78, 5) is 7.69. The van der Waals surface area contributed by atoms with Gasteiger partial charge in [0.2, 0.25) is 0 Å². The van der Waals surface area contributed by atoms with E-state index >= 15 is 0 Å². The molecular weight excluding hydrogens is 308 g/mol. The van der Waals surface area contributed by atoms with Crippen LogP contribution >= 0.6 is 0 Å². The second kappa shape index (κ2) is 5.74. The molecule has 0 aliphatic carbocycles. The van der Waals surface area contributed by atoms with Crippen molar-refractivity contribution in [3.05, 3.63) is 65.1 Å². The van der Waals surface area contributed by atoms with E-state index in [-0.39, 0.29) is 0 Å². The number of nitrogens with one attached hydrogen (secondary N) is 2. The number of hydrogen-bond acceptors (Lipinski definition) is 2. The first-order valence-electron chi connectivity index (χ1n) is 9.03. The molecule has 0 unspecified atom stereocenters. The molecule has 5 rings (SSSR count).